The summed E-state index contributed by atoms with van der Waals surface area (Å²) in [6.07, 6.45) is -4.88. The molecular formula is C18H25F3N2O4S. The fraction of sp³-hybridized carbons (Fsp3) is 0.611. The van der Waals surface area contributed by atoms with Crippen molar-refractivity contribution in [2.75, 3.05) is 20.3 Å². The molecule has 158 valence electrons. The molecule has 0 heterocycles. The molecule has 0 aliphatic heterocycles. The largest absolute Gasteiger partial charge is 0.417 e. The molecule has 6 nitrogen and oxygen atoms in total. The lowest BCUT2D eigenvalue weighted by Gasteiger charge is -2.19. The molecule has 1 saturated carbocycles. The molecule has 2 rings (SSSR count). The predicted octanol–water partition coefficient (Wildman–Crippen LogP) is 2.35. The van der Waals surface area contributed by atoms with Crippen molar-refractivity contribution in [1.82, 2.24) is 10.6 Å². The highest BCUT2D eigenvalue weighted by Gasteiger charge is 2.47. The summed E-state index contributed by atoms with van der Waals surface area (Å²) in [5.74, 6) is -1.12. The molecule has 0 spiro atoms. The Balaban J connectivity index is 2.33. The zero-order chi connectivity index (χ0) is 20.9. The van der Waals surface area contributed by atoms with E-state index in [-0.39, 0.29) is 25.4 Å². The number of sulfone groups is 1. The number of halogens is 3. The molecule has 28 heavy (non-hydrogen) atoms. The van der Waals surface area contributed by atoms with Crippen molar-refractivity contribution in [3.8, 4) is 0 Å². The van der Waals surface area contributed by atoms with E-state index >= 15 is 0 Å². The van der Waals surface area contributed by atoms with Gasteiger partial charge in [0.1, 0.15) is 0 Å². The predicted molar refractivity (Wildman–Crippen MR) is 97.2 cm³/mol. The molecule has 10 heteroatoms. The SMILES string of the molecule is CCCOC1CC(S(=O)(=O)c2ccccc2C(F)(F)F)CC1C(=O)NCNC. The highest BCUT2D eigenvalue weighted by molar-refractivity contribution is 7.92. The summed E-state index contributed by atoms with van der Waals surface area (Å²) in [6, 6.07) is 4.13. The van der Waals surface area contributed by atoms with Gasteiger partial charge in [0.25, 0.3) is 0 Å². The van der Waals surface area contributed by atoms with E-state index in [1.54, 1.807) is 7.05 Å². The fourth-order valence-corrected chi connectivity index (χ4v) is 5.39. The van der Waals surface area contributed by atoms with Crippen LogP contribution in [0.5, 0.6) is 0 Å². The molecule has 3 atom stereocenters. The molecule has 1 amide bonds. The summed E-state index contributed by atoms with van der Waals surface area (Å²) >= 11 is 0. The van der Waals surface area contributed by atoms with Gasteiger partial charge in [-0.25, -0.2) is 8.42 Å². The Morgan fingerprint density at radius 1 is 1.25 bits per heavy atom. The first kappa shape index (κ1) is 22.6. The topological polar surface area (TPSA) is 84.5 Å². The number of alkyl halides is 3. The molecule has 3 unspecified atom stereocenters. The van der Waals surface area contributed by atoms with Crippen molar-refractivity contribution < 1.29 is 31.1 Å². The van der Waals surface area contributed by atoms with Crippen LogP contribution in [-0.2, 0) is 25.5 Å². The second-order valence-electron chi connectivity index (χ2n) is 6.72. The number of carbonyl (C=O) groups excluding carboxylic acids is 1. The molecular weight excluding hydrogens is 397 g/mol. The van der Waals surface area contributed by atoms with Gasteiger partial charge in [0.05, 0.1) is 34.4 Å². The highest BCUT2D eigenvalue weighted by atomic mass is 32.2. The van der Waals surface area contributed by atoms with Crippen LogP contribution in [0.2, 0.25) is 0 Å². The summed E-state index contributed by atoms with van der Waals surface area (Å²) in [7, 11) is -2.65. The molecule has 1 aromatic carbocycles. The van der Waals surface area contributed by atoms with Crippen molar-refractivity contribution >= 4 is 15.7 Å². The highest BCUT2D eigenvalue weighted by Crippen LogP contribution is 2.40. The molecule has 1 aliphatic carbocycles. The third-order valence-electron chi connectivity index (χ3n) is 4.71. The Bertz CT molecular complexity index is 783. The Hall–Kier alpha value is -1.65. The maximum Gasteiger partial charge on any atom is 0.417 e. The Labute approximate surface area is 162 Å². The third kappa shape index (κ3) is 5.03. The number of ether oxygens (including phenoxy) is 1. The maximum atomic E-state index is 13.3. The van der Waals surface area contributed by atoms with E-state index in [0.717, 1.165) is 18.2 Å². The number of benzene rings is 1. The minimum Gasteiger partial charge on any atom is -0.377 e. The van der Waals surface area contributed by atoms with Crippen LogP contribution in [0.1, 0.15) is 31.7 Å². The molecule has 1 aliphatic rings. The third-order valence-corrected chi connectivity index (χ3v) is 6.94. The summed E-state index contributed by atoms with van der Waals surface area (Å²) in [5.41, 5.74) is -1.19. The molecule has 0 bridgehead atoms. The minimum atomic E-state index is -4.79. The average Bonchev–Trinajstić information content (AvgIpc) is 3.09. The lowest BCUT2D eigenvalue weighted by Crippen LogP contribution is -2.39. The summed E-state index contributed by atoms with van der Waals surface area (Å²) in [4.78, 5) is 11.7. The van der Waals surface area contributed by atoms with E-state index in [0.29, 0.717) is 13.0 Å². The van der Waals surface area contributed by atoms with Gasteiger partial charge in [0, 0.05) is 6.61 Å². The van der Waals surface area contributed by atoms with Gasteiger partial charge >= 0.3 is 6.18 Å². The number of hydrogen-bond acceptors (Lipinski definition) is 5. The quantitative estimate of drug-likeness (QED) is 0.629. The second kappa shape index (κ2) is 9.23. The van der Waals surface area contributed by atoms with E-state index in [9.17, 15) is 26.4 Å². The van der Waals surface area contributed by atoms with Crippen molar-refractivity contribution in [2.45, 2.75) is 48.6 Å². The van der Waals surface area contributed by atoms with Gasteiger partial charge in [-0.2, -0.15) is 13.2 Å². The van der Waals surface area contributed by atoms with Crippen LogP contribution in [0.4, 0.5) is 13.2 Å². The fourth-order valence-electron chi connectivity index (χ4n) is 3.37. The van der Waals surface area contributed by atoms with E-state index < -0.39 is 43.7 Å². The smallest absolute Gasteiger partial charge is 0.377 e. The number of hydrogen-bond donors (Lipinski definition) is 2. The standard InChI is InChI=1S/C18H25F3N2O4S/c1-3-8-27-15-10-12(9-13(15)17(24)23-11-22-2)28(25,26)16-7-5-4-6-14(16)18(19,20)21/h4-7,12-13,15,22H,3,8-11H2,1-2H3,(H,23,24). The van der Waals surface area contributed by atoms with Crippen molar-refractivity contribution in [1.29, 1.82) is 0 Å². The second-order valence-corrected chi connectivity index (χ2v) is 8.92. The van der Waals surface area contributed by atoms with Gasteiger partial charge in [-0.1, -0.05) is 19.1 Å². The van der Waals surface area contributed by atoms with E-state index in [1.807, 2.05) is 6.92 Å². The minimum absolute atomic E-state index is 0.0217. The van der Waals surface area contributed by atoms with Gasteiger partial charge in [0.15, 0.2) is 9.84 Å². The average molecular weight is 422 g/mol. The maximum absolute atomic E-state index is 13.3. The Kier molecular flexibility index (Phi) is 7.46. The van der Waals surface area contributed by atoms with Crippen LogP contribution in [0.25, 0.3) is 0 Å². The number of nitrogens with one attached hydrogen (secondary N) is 2. The molecule has 2 N–H and O–H groups in total. The van der Waals surface area contributed by atoms with Crippen molar-refractivity contribution in [2.24, 2.45) is 5.92 Å². The first-order valence-electron chi connectivity index (χ1n) is 9.07. The normalized spacial score (nSPS) is 23.0. The van der Waals surface area contributed by atoms with Crippen LogP contribution in [0.15, 0.2) is 29.2 Å². The number of carbonyl (C=O) groups is 1. The van der Waals surface area contributed by atoms with Gasteiger partial charge in [-0.05, 0) is 38.4 Å². The lowest BCUT2D eigenvalue weighted by molar-refractivity contribution is -0.139. The monoisotopic (exact) mass is 422 g/mol. The number of amides is 1. The van der Waals surface area contributed by atoms with Crippen LogP contribution >= 0.6 is 0 Å². The zero-order valence-corrected chi connectivity index (χ0v) is 16.6. The first-order chi connectivity index (χ1) is 13.1. The summed E-state index contributed by atoms with van der Waals surface area (Å²) in [6.45, 7) is 2.41. The zero-order valence-electron chi connectivity index (χ0n) is 15.8. The van der Waals surface area contributed by atoms with Gasteiger partial charge in [-0.3, -0.25) is 4.79 Å². The molecule has 1 fully saturated rings. The van der Waals surface area contributed by atoms with Crippen LogP contribution in [0, 0.1) is 5.92 Å². The van der Waals surface area contributed by atoms with Crippen LogP contribution < -0.4 is 10.6 Å². The summed E-state index contributed by atoms with van der Waals surface area (Å²) < 4.78 is 71.5. The van der Waals surface area contributed by atoms with Crippen LogP contribution in [0.3, 0.4) is 0 Å². The van der Waals surface area contributed by atoms with Gasteiger partial charge < -0.3 is 15.4 Å². The first-order valence-corrected chi connectivity index (χ1v) is 10.6. The van der Waals surface area contributed by atoms with E-state index in [2.05, 4.69) is 10.6 Å². The van der Waals surface area contributed by atoms with Crippen LogP contribution in [-0.4, -0.2) is 46.0 Å². The molecule has 0 saturated heterocycles. The van der Waals surface area contributed by atoms with E-state index in [1.165, 1.54) is 6.07 Å². The number of rotatable bonds is 8. The van der Waals surface area contributed by atoms with Crippen molar-refractivity contribution in [3.63, 3.8) is 0 Å². The Morgan fingerprint density at radius 3 is 2.54 bits per heavy atom. The molecule has 0 aromatic heterocycles. The Morgan fingerprint density at radius 2 is 1.93 bits per heavy atom. The van der Waals surface area contributed by atoms with Crippen molar-refractivity contribution in [3.05, 3.63) is 29.8 Å². The molecule has 1 aromatic rings. The lowest BCUT2D eigenvalue weighted by atomic mass is 10.1. The van der Waals surface area contributed by atoms with E-state index in [4.69, 9.17) is 4.74 Å². The van der Waals surface area contributed by atoms with Gasteiger partial charge in [0.2, 0.25) is 5.91 Å². The molecule has 0 radical (unpaired) electrons. The summed E-state index contributed by atoms with van der Waals surface area (Å²) in [5, 5.41) is 4.26. The van der Waals surface area contributed by atoms with Gasteiger partial charge in [-0.15, -0.1) is 0 Å².